The largest absolute Gasteiger partial charge is 0.0622 e. The lowest BCUT2D eigenvalue weighted by atomic mass is 9.33. The van der Waals surface area contributed by atoms with Crippen LogP contribution in [-0.2, 0) is 0 Å². The van der Waals surface area contributed by atoms with Crippen LogP contribution in [0.4, 0.5) is 0 Å². The molecule has 0 bridgehead atoms. The summed E-state index contributed by atoms with van der Waals surface area (Å²) < 4.78 is 0. The highest BCUT2D eigenvalue weighted by atomic mass is 14.7. The van der Waals surface area contributed by atoms with Crippen LogP contribution in [0.3, 0.4) is 0 Å². The van der Waals surface area contributed by atoms with Crippen molar-refractivity contribution in [2.75, 3.05) is 0 Å². The summed E-state index contributed by atoms with van der Waals surface area (Å²) in [7, 11) is 0. The van der Waals surface area contributed by atoms with Gasteiger partial charge in [0.1, 0.15) is 0 Å². The quantitative estimate of drug-likeness (QED) is 0.602. The molecule has 1 fully saturated rings. The lowest BCUT2D eigenvalue weighted by Crippen LogP contribution is -2.66. The molecule has 0 N–H and O–H groups in total. The van der Waals surface area contributed by atoms with E-state index in [0.717, 1.165) is 17.8 Å². The van der Waals surface area contributed by atoms with Gasteiger partial charge in [0.15, 0.2) is 0 Å². The van der Waals surface area contributed by atoms with Crippen molar-refractivity contribution in [2.24, 2.45) is 34.0 Å². The summed E-state index contributed by atoms with van der Waals surface area (Å²) in [5.41, 5.74) is 1.36. The van der Waals surface area contributed by atoms with Gasteiger partial charge in [-0.1, -0.05) is 62.3 Å². The van der Waals surface area contributed by atoms with Gasteiger partial charge in [0.05, 0.1) is 0 Å². The lowest BCUT2D eigenvalue weighted by Gasteiger charge is -2.71. The number of rotatable bonds is 2. The molecule has 1 aliphatic carbocycles. The molecule has 0 radical (unpaired) electrons. The third-order valence-electron chi connectivity index (χ3n) is 6.92. The highest BCUT2D eigenvalue weighted by molar-refractivity contribution is 5.14. The predicted molar refractivity (Wildman–Crippen MR) is 68.8 cm³/mol. The van der Waals surface area contributed by atoms with Gasteiger partial charge in [0.25, 0.3) is 0 Å². The zero-order valence-electron chi connectivity index (χ0n) is 12.2. The summed E-state index contributed by atoms with van der Waals surface area (Å²) in [5.74, 6) is 2.43. The molecule has 0 aromatic carbocycles. The van der Waals surface area contributed by atoms with Crippen LogP contribution in [0.2, 0.25) is 0 Å². The van der Waals surface area contributed by atoms with Crippen molar-refractivity contribution in [3.05, 3.63) is 0 Å². The molecular weight excluding hydrogens is 180 g/mol. The van der Waals surface area contributed by atoms with Gasteiger partial charge in [-0.05, 0) is 34.0 Å². The van der Waals surface area contributed by atoms with E-state index in [2.05, 4.69) is 62.3 Å². The molecule has 0 nitrogen and oxygen atoms in total. The van der Waals surface area contributed by atoms with Crippen LogP contribution in [0, 0.1) is 34.0 Å². The molecule has 3 atom stereocenters. The fraction of sp³-hybridized carbons (Fsp3) is 1.00. The number of hydrogen-bond acceptors (Lipinski definition) is 0. The first-order valence-corrected chi connectivity index (χ1v) is 6.51. The molecule has 0 amide bonds. The van der Waals surface area contributed by atoms with E-state index in [4.69, 9.17) is 0 Å². The highest BCUT2D eigenvalue weighted by Crippen LogP contribution is 2.72. The standard InChI is InChI=1S/C15H30/c1-10(2)13(5,6)15(9)12(4)11(3)14(15,7)8/h10-12H,1-9H3. The lowest BCUT2D eigenvalue weighted by molar-refractivity contribution is -0.238. The van der Waals surface area contributed by atoms with E-state index in [1.807, 2.05) is 0 Å². The maximum Gasteiger partial charge on any atom is -0.0190 e. The van der Waals surface area contributed by atoms with Crippen molar-refractivity contribution < 1.29 is 0 Å². The van der Waals surface area contributed by atoms with E-state index >= 15 is 0 Å². The van der Waals surface area contributed by atoms with Crippen molar-refractivity contribution in [1.82, 2.24) is 0 Å². The summed E-state index contributed by atoms with van der Waals surface area (Å²) in [6.07, 6.45) is 0. The average molecular weight is 210 g/mol. The van der Waals surface area contributed by atoms with Crippen LogP contribution in [0.5, 0.6) is 0 Å². The fourth-order valence-corrected chi connectivity index (χ4v) is 4.11. The predicted octanol–water partition coefficient (Wildman–Crippen LogP) is 4.99. The van der Waals surface area contributed by atoms with Crippen LogP contribution in [0.1, 0.15) is 62.3 Å². The third kappa shape index (κ3) is 1.26. The SMILES string of the molecule is CC(C)C(C)(C)C1(C)C(C)C(C)C1(C)C. The Labute approximate surface area is 96.8 Å². The van der Waals surface area contributed by atoms with E-state index in [1.54, 1.807) is 0 Å². The van der Waals surface area contributed by atoms with Crippen molar-refractivity contribution in [2.45, 2.75) is 62.3 Å². The van der Waals surface area contributed by atoms with E-state index in [-0.39, 0.29) is 0 Å². The summed E-state index contributed by atoms with van der Waals surface area (Å²) in [6, 6.07) is 0. The molecule has 0 heterocycles. The van der Waals surface area contributed by atoms with E-state index in [9.17, 15) is 0 Å². The average Bonchev–Trinajstić information content (AvgIpc) is 2.13. The minimum Gasteiger partial charge on any atom is -0.0622 e. The second kappa shape index (κ2) is 3.25. The smallest absolute Gasteiger partial charge is 0.0190 e. The first-order valence-electron chi connectivity index (χ1n) is 6.51. The molecule has 90 valence electrons. The second-order valence-corrected chi connectivity index (χ2v) is 7.38. The Bertz CT molecular complexity index is 247. The second-order valence-electron chi connectivity index (χ2n) is 7.38. The monoisotopic (exact) mass is 210 g/mol. The molecule has 1 rings (SSSR count). The molecule has 0 aromatic heterocycles. The van der Waals surface area contributed by atoms with E-state index < -0.39 is 0 Å². The van der Waals surface area contributed by atoms with Gasteiger partial charge in [-0.2, -0.15) is 0 Å². The highest BCUT2D eigenvalue weighted by Gasteiger charge is 2.66. The Hall–Kier alpha value is 0. The summed E-state index contributed by atoms with van der Waals surface area (Å²) in [5, 5.41) is 0. The van der Waals surface area contributed by atoms with Crippen LogP contribution in [0.15, 0.2) is 0 Å². The summed E-state index contributed by atoms with van der Waals surface area (Å²) >= 11 is 0. The van der Waals surface area contributed by atoms with Crippen LogP contribution in [-0.4, -0.2) is 0 Å². The molecule has 0 saturated heterocycles. The van der Waals surface area contributed by atoms with Crippen molar-refractivity contribution >= 4 is 0 Å². The molecule has 0 heteroatoms. The Balaban J connectivity index is 3.13. The minimum absolute atomic E-state index is 0.419. The first-order chi connectivity index (χ1) is 6.51. The molecule has 1 aliphatic rings. The van der Waals surface area contributed by atoms with Crippen molar-refractivity contribution in [3.63, 3.8) is 0 Å². The molecular formula is C15H30. The molecule has 0 aliphatic heterocycles. The molecule has 0 spiro atoms. The first kappa shape index (κ1) is 13.1. The maximum absolute atomic E-state index is 2.51. The molecule has 1 saturated carbocycles. The van der Waals surface area contributed by atoms with Crippen molar-refractivity contribution in [1.29, 1.82) is 0 Å². The zero-order valence-corrected chi connectivity index (χ0v) is 12.2. The summed E-state index contributed by atoms with van der Waals surface area (Å²) in [4.78, 5) is 0. The van der Waals surface area contributed by atoms with E-state index in [0.29, 0.717) is 16.2 Å². The maximum atomic E-state index is 2.51. The van der Waals surface area contributed by atoms with Gasteiger partial charge in [-0.25, -0.2) is 0 Å². The van der Waals surface area contributed by atoms with Gasteiger partial charge in [-0.15, -0.1) is 0 Å². The minimum atomic E-state index is 0.419. The van der Waals surface area contributed by atoms with Crippen LogP contribution < -0.4 is 0 Å². The molecule has 3 unspecified atom stereocenters. The van der Waals surface area contributed by atoms with Gasteiger partial charge in [-0.3, -0.25) is 0 Å². The third-order valence-corrected chi connectivity index (χ3v) is 6.92. The topological polar surface area (TPSA) is 0 Å². The molecule has 15 heavy (non-hydrogen) atoms. The van der Waals surface area contributed by atoms with Gasteiger partial charge in [0, 0.05) is 0 Å². The Morgan fingerprint density at radius 1 is 0.933 bits per heavy atom. The van der Waals surface area contributed by atoms with E-state index in [1.165, 1.54) is 0 Å². The van der Waals surface area contributed by atoms with Gasteiger partial charge < -0.3 is 0 Å². The molecule has 0 aromatic rings. The Morgan fingerprint density at radius 3 is 1.60 bits per heavy atom. The Kier molecular flexibility index (Phi) is 2.83. The van der Waals surface area contributed by atoms with Gasteiger partial charge in [0.2, 0.25) is 0 Å². The normalized spacial score (nSPS) is 40.4. The summed E-state index contributed by atoms with van der Waals surface area (Å²) in [6.45, 7) is 22.0. The van der Waals surface area contributed by atoms with Crippen LogP contribution >= 0.6 is 0 Å². The van der Waals surface area contributed by atoms with Gasteiger partial charge >= 0.3 is 0 Å². The Morgan fingerprint density at radius 2 is 1.33 bits per heavy atom. The van der Waals surface area contributed by atoms with Crippen molar-refractivity contribution in [3.8, 4) is 0 Å². The number of hydrogen-bond donors (Lipinski definition) is 0. The zero-order chi connectivity index (χ0) is 12.2. The fourth-order valence-electron chi connectivity index (χ4n) is 4.11. The van der Waals surface area contributed by atoms with Crippen LogP contribution in [0.25, 0.3) is 0 Å².